The van der Waals surface area contributed by atoms with Gasteiger partial charge in [-0.25, -0.2) is 9.37 Å². The van der Waals surface area contributed by atoms with Crippen LogP contribution in [-0.2, 0) is 6.42 Å². The van der Waals surface area contributed by atoms with Crippen molar-refractivity contribution in [3.05, 3.63) is 63.9 Å². The van der Waals surface area contributed by atoms with Gasteiger partial charge < -0.3 is 20.8 Å². The van der Waals surface area contributed by atoms with E-state index < -0.39 is 0 Å². The number of nitrogens with zero attached hydrogens (tertiary/aromatic N) is 2. The molecule has 0 unspecified atom stereocenters. The zero-order valence-corrected chi connectivity index (χ0v) is 17.6. The minimum absolute atomic E-state index is 0.353. The van der Waals surface area contributed by atoms with Gasteiger partial charge in [-0.2, -0.15) is 0 Å². The second-order valence-corrected chi connectivity index (χ2v) is 8.06. The van der Waals surface area contributed by atoms with E-state index in [0.29, 0.717) is 42.3 Å². The van der Waals surface area contributed by atoms with E-state index in [1.54, 1.807) is 23.5 Å². The van der Waals surface area contributed by atoms with E-state index in [2.05, 4.69) is 4.98 Å². The van der Waals surface area contributed by atoms with Crippen LogP contribution in [0.3, 0.4) is 0 Å². The summed E-state index contributed by atoms with van der Waals surface area (Å²) < 4.78 is 19.8. The highest BCUT2D eigenvalue weighted by Gasteiger charge is 2.13. The summed E-state index contributed by atoms with van der Waals surface area (Å²) in [7, 11) is 3.82. The first-order valence-corrected chi connectivity index (χ1v) is 10.2. The summed E-state index contributed by atoms with van der Waals surface area (Å²) in [5, 5.41) is 8.34. The molecular formula is C22H25FN4OS. The Kier molecular flexibility index (Phi) is 6.61. The molecule has 0 atom stereocenters. The van der Waals surface area contributed by atoms with Gasteiger partial charge in [0.2, 0.25) is 0 Å². The van der Waals surface area contributed by atoms with Crippen molar-refractivity contribution in [1.29, 1.82) is 5.41 Å². The third kappa shape index (κ3) is 5.19. The third-order valence-corrected chi connectivity index (χ3v) is 5.53. The average Bonchev–Trinajstić information content (AvgIpc) is 3.07. The van der Waals surface area contributed by atoms with Crippen LogP contribution in [0.5, 0.6) is 5.75 Å². The molecule has 0 aliphatic rings. The third-order valence-electron chi connectivity index (χ3n) is 4.54. The van der Waals surface area contributed by atoms with Gasteiger partial charge in [0.1, 0.15) is 11.6 Å². The number of rotatable bonds is 8. The van der Waals surface area contributed by atoms with Crippen molar-refractivity contribution in [3.63, 3.8) is 0 Å². The Morgan fingerprint density at radius 2 is 2.03 bits per heavy atom. The van der Waals surface area contributed by atoms with Gasteiger partial charge in [-0.3, -0.25) is 0 Å². The molecule has 2 aromatic carbocycles. The maximum absolute atomic E-state index is 13.9. The van der Waals surface area contributed by atoms with E-state index in [-0.39, 0.29) is 5.82 Å². The number of likely N-dealkylation sites (N-methyl/N-ethyl adjacent to an activating group) is 1. The number of nitrogens with two attached hydrogens (primary N) is 1. The van der Waals surface area contributed by atoms with Crippen molar-refractivity contribution in [2.75, 3.05) is 33.0 Å². The van der Waals surface area contributed by atoms with E-state index in [1.807, 2.05) is 43.6 Å². The lowest BCUT2D eigenvalue weighted by atomic mass is 9.98. The molecule has 1 aromatic heterocycles. The van der Waals surface area contributed by atoms with Gasteiger partial charge in [0.15, 0.2) is 0 Å². The van der Waals surface area contributed by atoms with Gasteiger partial charge >= 0.3 is 0 Å². The number of nitrogens with one attached hydrogen (secondary N) is 1. The minimum atomic E-state index is -0.353. The molecule has 5 nitrogen and oxygen atoms in total. The number of benzene rings is 2. The second-order valence-electron chi connectivity index (χ2n) is 7.12. The summed E-state index contributed by atoms with van der Waals surface area (Å²) >= 11 is 1.59. The highest BCUT2D eigenvalue weighted by molar-refractivity contribution is 7.09. The van der Waals surface area contributed by atoms with Crippen molar-refractivity contribution < 1.29 is 9.13 Å². The zero-order valence-electron chi connectivity index (χ0n) is 16.8. The summed E-state index contributed by atoms with van der Waals surface area (Å²) in [5.41, 5.74) is 12.2. The van der Waals surface area contributed by atoms with Crippen molar-refractivity contribution in [2.24, 2.45) is 0 Å². The molecule has 0 spiro atoms. The highest BCUT2D eigenvalue weighted by atomic mass is 32.1. The SMILES string of the molecule is Cc1ncsc1CCOc1cc(F)ccc1-c1ccc(N)c(C(=N)CN(C)C)c1. The second kappa shape index (κ2) is 9.15. The van der Waals surface area contributed by atoms with Gasteiger partial charge in [-0.05, 0) is 50.8 Å². The Hall–Kier alpha value is -2.77. The van der Waals surface area contributed by atoms with Crippen molar-refractivity contribution >= 4 is 22.7 Å². The lowest BCUT2D eigenvalue weighted by molar-refractivity contribution is 0.322. The van der Waals surface area contributed by atoms with Crippen LogP contribution in [-0.4, -0.2) is 42.8 Å². The molecule has 152 valence electrons. The van der Waals surface area contributed by atoms with Crippen molar-refractivity contribution in [3.8, 4) is 16.9 Å². The molecule has 7 heteroatoms. The Bertz CT molecular complexity index is 1020. The summed E-state index contributed by atoms with van der Waals surface area (Å²) in [5.74, 6) is 0.121. The van der Waals surface area contributed by atoms with Crippen LogP contribution in [0.25, 0.3) is 11.1 Å². The van der Waals surface area contributed by atoms with Gasteiger partial charge in [-0.15, -0.1) is 11.3 Å². The van der Waals surface area contributed by atoms with Gasteiger partial charge in [-0.1, -0.05) is 6.07 Å². The van der Waals surface area contributed by atoms with Crippen LogP contribution in [0.1, 0.15) is 16.1 Å². The molecule has 3 rings (SSSR count). The topological polar surface area (TPSA) is 75.2 Å². The van der Waals surface area contributed by atoms with E-state index in [0.717, 1.165) is 21.7 Å². The molecule has 0 bridgehead atoms. The lowest BCUT2D eigenvalue weighted by Gasteiger charge is -2.16. The smallest absolute Gasteiger partial charge is 0.130 e. The van der Waals surface area contributed by atoms with Crippen LogP contribution in [0.2, 0.25) is 0 Å². The molecular weight excluding hydrogens is 387 g/mol. The number of hydrogen-bond acceptors (Lipinski definition) is 6. The maximum Gasteiger partial charge on any atom is 0.130 e. The quantitative estimate of drug-likeness (QED) is 0.425. The van der Waals surface area contributed by atoms with E-state index in [4.69, 9.17) is 15.9 Å². The fourth-order valence-corrected chi connectivity index (χ4v) is 3.82. The molecule has 0 amide bonds. The minimum Gasteiger partial charge on any atom is -0.492 e. The number of nitrogen functional groups attached to an aromatic ring is 1. The zero-order chi connectivity index (χ0) is 21.0. The Balaban J connectivity index is 1.86. The van der Waals surface area contributed by atoms with E-state index >= 15 is 0 Å². The molecule has 3 aromatic rings. The van der Waals surface area contributed by atoms with Crippen LogP contribution in [0.4, 0.5) is 10.1 Å². The first kappa shape index (κ1) is 21.0. The maximum atomic E-state index is 13.9. The summed E-state index contributed by atoms with van der Waals surface area (Å²) in [4.78, 5) is 7.32. The largest absolute Gasteiger partial charge is 0.492 e. The number of anilines is 1. The summed E-state index contributed by atoms with van der Waals surface area (Å²) in [6.07, 6.45) is 0.715. The Morgan fingerprint density at radius 3 is 2.72 bits per heavy atom. The predicted octanol–water partition coefficient (Wildman–Crippen LogP) is 4.39. The summed E-state index contributed by atoms with van der Waals surface area (Å²) in [6, 6.07) is 10.0. The number of aromatic nitrogens is 1. The van der Waals surface area contributed by atoms with Crippen molar-refractivity contribution in [1.82, 2.24) is 9.88 Å². The van der Waals surface area contributed by atoms with Crippen LogP contribution in [0.15, 0.2) is 41.9 Å². The monoisotopic (exact) mass is 412 g/mol. The highest BCUT2D eigenvalue weighted by Crippen LogP contribution is 2.33. The first-order valence-electron chi connectivity index (χ1n) is 9.29. The van der Waals surface area contributed by atoms with E-state index in [1.165, 1.54) is 12.1 Å². The van der Waals surface area contributed by atoms with E-state index in [9.17, 15) is 4.39 Å². The molecule has 1 heterocycles. The van der Waals surface area contributed by atoms with Gasteiger partial charge in [0.05, 0.1) is 23.5 Å². The number of thiazole rings is 1. The van der Waals surface area contributed by atoms with Crippen LogP contribution in [0, 0.1) is 18.2 Å². The Morgan fingerprint density at radius 1 is 1.24 bits per heavy atom. The normalized spacial score (nSPS) is 11.1. The molecule has 0 saturated carbocycles. The number of halogens is 1. The fourth-order valence-electron chi connectivity index (χ4n) is 3.06. The average molecular weight is 413 g/mol. The molecule has 0 fully saturated rings. The molecule has 0 aliphatic heterocycles. The Labute approximate surface area is 174 Å². The number of ether oxygens (including phenoxy) is 1. The lowest BCUT2D eigenvalue weighted by Crippen LogP contribution is -2.22. The van der Waals surface area contributed by atoms with Gasteiger partial charge in [0, 0.05) is 40.7 Å². The van der Waals surface area contributed by atoms with Gasteiger partial charge in [0.25, 0.3) is 0 Å². The molecule has 29 heavy (non-hydrogen) atoms. The predicted molar refractivity (Wildman–Crippen MR) is 118 cm³/mol. The summed E-state index contributed by atoms with van der Waals surface area (Å²) in [6.45, 7) is 2.88. The number of hydrogen-bond donors (Lipinski definition) is 2. The molecule has 0 radical (unpaired) electrons. The van der Waals surface area contributed by atoms with Crippen LogP contribution < -0.4 is 10.5 Å². The standard InChI is InChI=1S/C22H25FN4OS/c1-14-22(29-13-26-14)8-9-28-21-11-16(23)5-6-17(21)15-4-7-19(24)18(10-15)20(25)12-27(2)3/h4-7,10-11,13,25H,8-9,12,24H2,1-3H3. The van der Waals surface area contributed by atoms with Crippen molar-refractivity contribution in [2.45, 2.75) is 13.3 Å². The molecule has 3 N–H and O–H groups in total. The first-order chi connectivity index (χ1) is 13.8. The molecule has 0 saturated heterocycles. The molecule has 0 aliphatic carbocycles. The number of aryl methyl sites for hydroxylation is 1. The van der Waals surface area contributed by atoms with Crippen LogP contribution >= 0.6 is 11.3 Å². The fraction of sp³-hybridized carbons (Fsp3) is 0.273.